The molecule has 2 bridgehead atoms. The number of hydrogen-bond acceptors (Lipinski definition) is 7. The molecule has 5 aliphatic heterocycles. The minimum Gasteiger partial charge on any atom is -0.379 e. The Labute approximate surface area is 167 Å². The van der Waals surface area contributed by atoms with Crippen LogP contribution >= 0.6 is 0 Å². The van der Waals surface area contributed by atoms with Crippen LogP contribution in [0.2, 0.25) is 0 Å². The van der Waals surface area contributed by atoms with Gasteiger partial charge in [0.15, 0.2) is 18.2 Å². The molecule has 0 radical (unpaired) electrons. The van der Waals surface area contributed by atoms with Gasteiger partial charge in [-0.05, 0) is 38.0 Å². The summed E-state index contributed by atoms with van der Waals surface area (Å²) < 4.78 is 24.5. The van der Waals surface area contributed by atoms with Crippen LogP contribution in [-0.4, -0.2) is 68.3 Å². The minimum atomic E-state index is -0.726. The highest BCUT2D eigenvalue weighted by atomic mass is 17.3. The molecule has 7 heteroatoms. The SMILES string of the molecule is C[C@@H]1CCC2[C@@H](C)[C@@H](OCCN3CCOCC3)O[C@@H]3O[C@@]4(C)CCC1[C@@]23OO4. The van der Waals surface area contributed by atoms with Crippen molar-refractivity contribution in [2.75, 3.05) is 39.5 Å². The molecule has 0 amide bonds. The second-order valence-electron chi connectivity index (χ2n) is 9.60. The molecule has 1 aliphatic carbocycles. The fourth-order valence-corrected chi connectivity index (χ4v) is 6.19. The Kier molecular flexibility index (Phi) is 5.23. The topological polar surface area (TPSA) is 58.6 Å². The van der Waals surface area contributed by atoms with Crippen LogP contribution in [0.5, 0.6) is 0 Å². The Balaban J connectivity index is 1.31. The average Bonchev–Trinajstić information content (AvgIpc) is 2.92. The Hall–Kier alpha value is -0.280. The van der Waals surface area contributed by atoms with E-state index in [1.165, 1.54) is 6.42 Å². The number of fused-ring (bicyclic) bond motifs is 2. The molecule has 6 fully saturated rings. The van der Waals surface area contributed by atoms with E-state index in [0.29, 0.717) is 24.4 Å². The number of rotatable bonds is 4. The van der Waals surface area contributed by atoms with Gasteiger partial charge >= 0.3 is 0 Å². The van der Waals surface area contributed by atoms with E-state index in [-0.39, 0.29) is 12.2 Å². The average molecular weight is 398 g/mol. The monoisotopic (exact) mass is 397 g/mol. The molecule has 5 heterocycles. The maximum Gasteiger partial charge on any atom is 0.201 e. The van der Waals surface area contributed by atoms with Crippen molar-refractivity contribution in [3.8, 4) is 0 Å². The number of hydrogen-bond donors (Lipinski definition) is 0. The third-order valence-corrected chi connectivity index (χ3v) is 7.89. The Bertz CT molecular complexity index is 571. The van der Waals surface area contributed by atoms with Gasteiger partial charge in [0.2, 0.25) is 5.79 Å². The van der Waals surface area contributed by atoms with Gasteiger partial charge in [-0.1, -0.05) is 13.8 Å². The van der Waals surface area contributed by atoms with Crippen molar-refractivity contribution in [1.82, 2.24) is 4.90 Å². The van der Waals surface area contributed by atoms with E-state index >= 15 is 0 Å². The van der Waals surface area contributed by atoms with Crippen molar-refractivity contribution in [3.63, 3.8) is 0 Å². The molecule has 160 valence electrons. The van der Waals surface area contributed by atoms with Crippen LogP contribution in [0.15, 0.2) is 0 Å². The van der Waals surface area contributed by atoms with Gasteiger partial charge in [0.05, 0.1) is 19.8 Å². The molecule has 2 unspecified atom stereocenters. The van der Waals surface area contributed by atoms with Crippen molar-refractivity contribution in [2.24, 2.45) is 23.7 Å². The van der Waals surface area contributed by atoms with Gasteiger partial charge < -0.3 is 18.9 Å². The zero-order valence-corrected chi connectivity index (χ0v) is 17.4. The van der Waals surface area contributed by atoms with Gasteiger partial charge in [-0.15, -0.1) is 0 Å². The summed E-state index contributed by atoms with van der Waals surface area (Å²) in [4.78, 5) is 14.4. The third kappa shape index (κ3) is 3.14. The summed E-state index contributed by atoms with van der Waals surface area (Å²) in [6.45, 7) is 11.7. The summed E-state index contributed by atoms with van der Waals surface area (Å²) in [6.07, 6.45) is 3.54. The first-order valence-corrected chi connectivity index (χ1v) is 11.1. The predicted octanol–water partition coefficient (Wildman–Crippen LogP) is 2.54. The Morgan fingerprint density at radius 2 is 1.86 bits per heavy atom. The molecule has 8 atom stereocenters. The van der Waals surface area contributed by atoms with Gasteiger partial charge in [0.25, 0.3) is 0 Å². The molecular formula is C21H35NO6. The smallest absolute Gasteiger partial charge is 0.201 e. The molecule has 0 N–H and O–H groups in total. The van der Waals surface area contributed by atoms with Gasteiger partial charge in [0.1, 0.15) is 0 Å². The van der Waals surface area contributed by atoms with Crippen molar-refractivity contribution >= 4 is 0 Å². The fraction of sp³-hybridized carbons (Fsp3) is 1.00. The zero-order valence-electron chi connectivity index (χ0n) is 17.4. The molecule has 0 aromatic carbocycles. The number of nitrogens with zero attached hydrogens (tertiary/aromatic N) is 1. The number of ether oxygens (including phenoxy) is 4. The first-order valence-electron chi connectivity index (χ1n) is 11.1. The molecule has 1 saturated carbocycles. The van der Waals surface area contributed by atoms with E-state index in [1.54, 1.807) is 0 Å². The summed E-state index contributed by atoms with van der Waals surface area (Å²) >= 11 is 0. The van der Waals surface area contributed by atoms with Crippen LogP contribution in [0, 0.1) is 23.7 Å². The van der Waals surface area contributed by atoms with Gasteiger partial charge in [-0.3, -0.25) is 4.90 Å². The zero-order chi connectivity index (χ0) is 19.4. The maximum atomic E-state index is 6.45. The van der Waals surface area contributed by atoms with E-state index in [4.69, 9.17) is 28.7 Å². The van der Waals surface area contributed by atoms with Gasteiger partial charge in [0, 0.05) is 37.9 Å². The first kappa shape index (κ1) is 19.7. The van der Waals surface area contributed by atoms with E-state index in [9.17, 15) is 0 Å². The molecule has 0 aromatic rings. The fourth-order valence-electron chi connectivity index (χ4n) is 6.19. The van der Waals surface area contributed by atoms with Gasteiger partial charge in [-0.25, -0.2) is 9.78 Å². The Morgan fingerprint density at radius 1 is 1.04 bits per heavy atom. The van der Waals surface area contributed by atoms with E-state index < -0.39 is 17.7 Å². The van der Waals surface area contributed by atoms with Crippen LogP contribution in [0.1, 0.15) is 46.5 Å². The molecule has 1 spiro atoms. The lowest BCUT2D eigenvalue weighted by Gasteiger charge is -2.60. The van der Waals surface area contributed by atoms with Crippen LogP contribution in [0.25, 0.3) is 0 Å². The summed E-state index contributed by atoms with van der Waals surface area (Å²) in [6, 6.07) is 0. The van der Waals surface area contributed by atoms with Gasteiger partial charge in [-0.2, -0.15) is 0 Å². The van der Waals surface area contributed by atoms with Crippen molar-refractivity contribution in [2.45, 2.75) is 70.4 Å². The van der Waals surface area contributed by atoms with Crippen LogP contribution in [0.3, 0.4) is 0 Å². The lowest BCUT2D eigenvalue weighted by molar-refractivity contribution is -0.577. The van der Waals surface area contributed by atoms with Crippen LogP contribution in [0.4, 0.5) is 0 Å². The second-order valence-corrected chi connectivity index (χ2v) is 9.60. The lowest BCUT2D eigenvalue weighted by Crippen LogP contribution is -2.70. The molecular weight excluding hydrogens is 362 g/mol. The maximum absolute atomic E-state index is 6.45. The Morgan fingerprint density at radius 3 is 2.68 bits per heavy atom. The molecule has 0 aromatic heterocycles. The van der Waals surface area contributed by atoms with E-state index in [1.807, 2.05) is 6.92 Å². The largest absolute Gasteiger partial charge is 0.379 e. The quantitative estimate of drug-likeness (QED) is 0.676. The van der Waals surface area contributed by atoms with Crippen molar-refractivity contribution in [1.29, 1.82) is 0 Å². The lowest BCUT2D eigenvalue weighted by atomic mass is 9.58. The molecule has 7 nitrogen and oxygen atoms in total. The predicted molar refractivity (Wildman–Crippen MR) is 100 cm³/mol. The van der Waals surface area contributed by atoms with E-state index in [2.05, 4.69) is 18.7 Å². The summed E-state index contributed by atoms with van der Waals surface area (Å²) in [7, 11) is 0. The van der Waals surface area contributed by atoms with Crippen LogP contribution < -0.4 is 0 Å². The molecule has 6 rings (SSSR count). The van der Waals surface area contributed by atoms with Crippen molar-refractivity contribution < 1.29 is 28.7 Å². The molecule has 28 heavy (non-hydrogen) atoms. The first-order chi connectivity index (χ1) is 13.5. The summed E-state index contributed by atoms with van der Waals surface area (Å²) in [5.41, 5.74) is -0.503. The second kappa shape index (κ2) is 7.45. The molecule has 6 aliphatic rings. The summed E-state index contributed by atoms with van der Waals surface area (Å²) in [5.74, 6) is 0.823. The number of morpholine rings is 1. The molecule has 5 saturated heterocycles. The standard InChI is InChI=1S/C21H35NO6/c1-14-4-5-17-15(2)18(24-13-10-22-8-11-23-12-9-22)25-19-21(17)16(14)6-7-20(3,26-19)27-28-21/h14-19H,4-13H2,1-3H3/t14-,15-,16?,17?,18+,19-,20-,21-/m1/s1. The highest BCUT2D eigenvalue weighted by Gasteiger charge is 2.69. The minimum absolute atomic E-state index is 0.241. The highest BCUT2D eigenvalue weighted by molar-refractivity contribution is 5.09. The summed E-state index contributed by atoms with van der Waals surface area (Å²) in [5, 5.41) is 0. The normalized spacial score (nSPS) is 51.5. The van der Waals surface area contributed by atoms with E-state index in [0.717, 1.165) is 52.1 Å². The highest BCUT2D eigenvalue weighted by Crippen LogP contribution is 2.60. The third-order valence-electron chi connectivity index (χ3n) is 7.89. The van der Waals surface area contributed by atoms with Crippen LogP contribution in [-0.2, 0) is 28.7 Å². The van der Waals surface area contributed by atoms with Crippen molar-refractivity contribution in [3.05, 3.63) is 0 Å².